The largest absolute Gasteiger partial charge is 0.385 e. The predicted octanol–water partition coefficient (Wildman–Crippen LogP) is -0.452. The van der Waals surface area contributed by atoms with Crippen molar-refractivity contribution in [2.75, 3.05) is 7.05 Å². The number of aliphatic hydroxyl groups is 1. The van der Waals surface area contributed by atoms with Crippen LogP contribution in [0.3, 0.4) is 0 Å². The van der Waals surface area contributed by atoms with Crippen molar-refractivity contribution in [1.29, 1.82) is 0 Å². The van der Waals surface area contributed by atoms with Crippen LogP contribution in [-0.2, 0) is 24.5 Å². The molecule has 2 aliphatic heterocycles. The van der Waals surface area contributed by atoms with E-state index in [-0.39, 0.29) is 6.04 Å². The van der Waals surface area contributed by atoms with Crippen LogP contribution in [-0.4, -0.2) is 28.0 Å². The summed E-state index contributed by atoms with van der Waals surface area (Å²) in [6, 6.07) is 0.0865. The second-order valence-electron chi connectivity index (χ2n) is 3.83. The zero-order valence-corrected chi connectivity index (χ0v) is 8.03. The summed E-state index contributed by atoms with van der Waals surface area (Å²) >= 11 is 0. The van der Waals surface area contributed by atoms with Gasteiger partial charge in [0.25, 0.3) is 0 Å². The Morgan fingerprint density at radius 2 is 2.43 bits per heavy atom. The Kier molecular flexibility index (Phi) is 1.67. The van der Waals surface area contributed by atoms with Gasteiger partial charge in [-0.1, -0.05) is 0 Å². The Hall–Kier alpha value is -0.910. The van der Waals surface area contributed by atoms with E-state index < -0.39 is 6.10 Å². The molecule has 0 radical (unpaired) electrons. The van der Waals surface area contributed by atoms with Gasteiger partial charge < -0.3 is 15.2 Å². The number of nitrogens with one attached hydrogen (secondary N) is 1. The van der Waals surface area contributed by atoms with E-state index in [1.54, 1.807) is 0 Å². The maximum absolute atomic E-state index is 10.0. The summed E-state index contributed by atoms with van der Waals surface area (Å²) in [5, 5.41) is 17.5. The molecule has 2 N–H and O–H groups in total. The van der Waals surface area contributed by atoms with Crippen LogP contribution >= 0.6 is 0 Å². The number of nitrogens with zero attached hydrogens (tertiary/aromatic N) is 2. The lowest BCUT2D eigenvalue weighted by atomic mass is 10.1. The van der Waals surface area contributed by atoms with Crippen molar-refractivity contribution in [3.63, 3.8) is 0 Å². The van der Waals surface area contributed by atoms with Gasteiger partial charge in [0, 0.05) is 5.56 Å². The topological polar surface area (TPSA) is 59.3 Å². The molecule has 0 spiro atoms. The minimum atomic E-state index is -0.446. The third-order valence-corrected chi connectivity index (χ3v) is 3.06. The highest BCUT2D eigenvalue weighted by Crippen LogP contribution is 2.33. The van der Waals surface area contributed by atoms with Crippen LogP contribution in [0.15, 0.2) is 0 Å². The Morgan fingerprint density at radius 3 is 3.21 bits per heavy atom. The lowest BCUT2D eigenvalue weighted by Gasteiger charge is -2.12. The molecule has 1 aromatic rings. The first-order valence-corrected chi connectivity index (χ1v) is 4.83. The SMILES string of the molecule is CNC1Cn2nc3c(c2C1O)COC3. The first-order valence-electron chi connectivity index (χ1n) is 4.83. The van der Waals surface area contributed by atoms with Crippen LogP contribution in [0.2, 0.25) is 0 Å². The molecule has 0 aromatic carbocycles. The molecule has 14 heavy (non-hydrogen) atoms. The van der Waals surface area contributed by atoms with E-state index in [0.717, 1.165) is 23.5 Å². The van der Waals surface area contributed by atoms with E-state index in [4.69, 9.17) is 4.74 Å². The van der Waals surface area contributed by atoms with Gasteiger partial charge in [-0.3, -0.25) is 4.68 Å². The van der Waals surface area contributed by atoms with Crippen LogP contribution in [0.1, 0.15) is 23.1 Å². The molecule has 0 saturated carbocycles. The third-order valence-electron chi connectivity index (χ3n) is 3.06. The van der Waals surface area contributed by atoms with Crippen LogP contribution < -0.4 is 5.32 Å². The summed E-state index contributed by atoms with van der Waals surface area (Å²) < 4.78 is 7.19. The minimum absolute atomic E-state index is 0.0865. The highest BCUT2D eigenvalue weighted by Gasteiger charge is 2.36. The van der Waals surface area contributed by atoms with E-state index >= 15 is 0 Å². The summed E-state index contributed by atoms with van der Waals surface area (Å²) in [5.41, 5.74) is 3.03. The Morgan fingerprint density at radius 1 is 1.57 bits per heavy atom. The highest BCUT2D eigenvalue weighted by atomic mass is 16.5. The van der Waals surface area contributed by atoms with Crippen LogP contribution in [0, 0.1) is 0 Å². The molecule has 1 aromatic heterocycles. The maximum atomic E-state index is 10.0. The standard InChI is InChI=1S/C9H13N3O2/c1-10-6-2-12-8(9(6)13)5-3-14-4-7(5)11-12/h6,9-10,13H,2-4H2,1H3. The van der Waals surface area contributed by atoms with Gasteiger partial charge in [-0.25, -0.2) is 0 Å². The van der Waals surface area contributed by atoms with Crippen molar-refractivity contribution >= 4 is 0 Å². The molecule has 0 aliphatic carbocycles. The van der Waals surface area contributed by atoms with Crippen LogP contribution in [0.5, 0.6) is 0 Å². The molecule has 2 aliphatic rings. The van der Waals surface area contributed by atoms with E-state index in [9.17, 15) is 5.11 Å². The fraction of sp³-hybridized carbons (Fsp3) is 0.667. The third kappa shape index (κ3) is 0.917. The molecule has 5 heteroatoms. The average molecular weight is 195 g/mol. The van der Waals surface area contributed by atoms with Gasteiger partial charge in [0.2, 0.25) is 0 Å². The van der Waals surface area contributed by atoms with E-state index in [1.165, 1.54) is 0 Å². The van der Waals surface area contributed by atoms with Crippen molar-refractivity contribution in [3.8, 4) is 0 Å². The molecule has 0 fully saturated rings. The fourth-order valence-corrected chi connectivity index (χ4v) is 2.28. The van der Waals surface area contributed by atoms with Crippen LogP contribution in [0.4, 0.5) is 0 Å². The molecule has 2 atom stereocenters. The first-order chi connectivity index (χ1) is 6.81. The molecule has 0 saturated heterocycles. The monoisotopic (exact) mass is 195 g/mol. The number of ether oxygens (including phenoxy) is 1. The van der Waals surface area contributed by atoms with Gasteiger partial charge in [-0.15, -0.1) is 0 Å². The lowest BCUT2D eigenvalue weighted by molar-refractivity contribution is 0.124. The van der Waals surface area contributed by atoms with Gasteiger partial charge >= 0.3 is 0 Å². The number of likely N-dealkylation sites (N-methyl/N-ethyl adjacent to an activating group) is 1. The Balaban J connectivity index is 2.05. The van der Waals surface area contributed by atoms with Crippen molar-refractivity contribution in [2.24, 2.45) is 0 Å². The minimum Gasteiger partial charge on any atom is -0.385 e. The Bertz CT molecular complexity index is 374. The molecular formula is C9H13N3O2. The summed E-state index contributed by atoms with van der Waals surface area (Å²) in [7, 11) is 1.86. The van der Waals surface area contributed by atoms with Gasteiger partial charge in [0.15, 0.2) is 0 Å². The number of rotatable bonds is 1. The van der Waals surface area contributed by atoms with Gasteiger partial charge in [0.05, 0.1) is 37.2 Å². The second-order valence-corrected chi connectivity index (χ2v) is 3.83. The predicted molar refractivity (Wildman–Crippen MR) is 48.5 cm³/mol. The van der Waals surface area contributed by atoms with Crippen molar-refractivity contribution in [1.82, 2.24) is 15.1 Å². The maximum Gasteiger partial charge on any atom is 0.113 e. The summed E-state index contributed by atoms with van der Waals surface area (Å²) in [5.74, 6) is 0. The molecule has 76 valence electrons. The summed E-state index contributed by atoms with van der Waals surface area (Å²) in [6.45, 7) is 1.93. The van der Waals surface area contributed by atoms with E-state index in [0.29, 0.717) is 13.2 Å². The normalized spacial score (nSPS) is 29.3. The zero-order chi connectivity index (χ0) is 9.71. The molecule has 2 unspecified atom stereocenters. The van der Waals surface area contributed by atoms with Gasteiger partial charge in [0.1, 0.15) is 6.10 Å². The number of aliphatic hydroxyl groups excluding tert-OH is 1. The summed E-state index contributed by atoms with van der Waals surface area (Å²) in [4.78, 5) is 0. The average Bonchev–Trinajstić information content (AvgIpc) is 2.76. The van der Waals surface area contributed by atoms with Gasteiger partial charge in [-0.05, 0) is 7.05 Å². The first kappa shape index (κ1) is 8.40. The Labute approximate surface area is 81.7 Å². The van der Waals surface area contributed by atoms with Crippen LogP contribution in [0.25, 0.3) is 0 Å². The highest BCUT2D eigenvalue weighted by molar-refractivity contribution is 5.32. The molecule has 0 amide bonds. The van der Waals surface area contributed by atoms with E-state index in [2.05, 4.69) is 10.4 Å². The van der Waals surface area contributed by atoms with Crippen molar-refractivity contribution in [3.05, 3.63) is 17.0 Å². The van der Waals surface area contributed by atoms with Crippen molar-refractivity contribution in [2.45, 2.75) is 31.9 Å². The molecule has 3 heterocycles. The molecule has 0 bridgehead atoms. The fourth-order valence-electron chi connectivity index (χ4n) is 2.28. The summed E-state index contributed by atoms with van der Waals surface area (Å²) in [6.07, 6.45) is -0.446. The molecule has 3 rings (SSSR count). The van der Waals surface area contributed by atoms with Gasteiger partial charge in [-0.2, -0.15) is 5.10 Å². The lowest BCUT2D eigenvalue weighted by Crippen LogP contribution is -2.30. The number of hydrogen-bond acceptors (Lipinski definition) is 4. The molecule has 5 nitrogen and oxygen atoms in total. The molecular weight excluding hydrogens is 182 g/mol. The van der Waals surface area contributed by atoms with Crippen molar-refractivity contribution < 1.29 is 9.84 Å². The number of aromatic nitrogens is 2. The number of fused-ring (bicyclic) bond motifs is 3. The van der Waals surface area contributed by atoms with E-state index in [1.807, 2.05) is 11.7 Å². The smallest absolute Gasteiger partial charge is 0.113 e. The zero-order valence-electron chi connectivity index (χ0n) is 8.03. The number of hydrogen-bond donors (Lipinski definition) is 2. The quantitative estimate of drug-likeness (QED) is 0.637. The second kappa shape index (κ2) is 2.79.